The van der Waals surface area contributed by atoms with Crippen molar-refractivity contribution in [1.29, 1.82) is 0 Å². The predicted molar refractivity (Wildman–Crippen MR) is 79.7 cm³/mol. The third kappa shape index (κ3) is 2.84. The van der Waals surface area contributed by atoms with E-state index in [4.69, 9.17) is 9.52 Å². The van der Waals surface area contributed by atoms with Crippen LogP contribution in [0.3, 0.4) is 0 Å². The fraction of sp³-hybridized carbons (Fsp3) is 0.118. The molecular formula is C17H14FNO3. The predicted octanol–water partition coefficient (Wildman–Crippen LogP) is 2.99. The summed E-state index contributed by atoms with van der Waals surface area (Å²) in [4.78, 5) is 12.1. The number of furan rings is 1. The van der Waals surface area contributed by atoms with E-state index >= 15 is 0 Å². The van der Waals surface area contributed by atoms with Gasteiger partial charge in [0, 0.05) is 17.5 Å². The Labute approximate surface area is 126 Å². The van der Waals surface area contributed by atoms with Crippen molar-refractivity contribution in [1.82, 2.24) is 5.32 Å². The van der Waals surface area contributed by atoms with E-state index in [1.165, 1.54) is 12.1 Å². The number of hydrogen-bond acceptors (Lipinski definition) is 3. The van der Waals surface area contributed by atoms with E-state index in [1.54, 1.807) is 18.2 Å². The molecule has 5 heteroatoms. The Kier molecular flexibility index (Phi) is 3.89. The maximum Gasteiger partial charge on any atom is 0.287 e. The second-order valence-corrected chi connectivity index (χ2v) is 4.92. The molecule has 1 amide bonds. The van der Waals surface area contributed by atoms with Crippen LogP contribution in [-0.2, 0) is 13.2 Å². The molecule has 1 aromatic heterocycles. The Morgan fingerprint density at radius 2 is 2.00 bits per heavy atom. The molecule has 0 unspecified atom stereocenters. The maximum atomic E-state index is 13.3. The number of amides is 1. The van der Waals surface area contributed by atoms with E-state index < -0.39 is 5.82 Å². The number of aliphatic hydroxyl groups is 1. The second-order valence-electron chi connectivity index (χ2n) is 4.92. The summed E-state index contributed by atoms with van der Waals surface area (Å²) in [6.07, 6.45) is 0. The zero-order valence-electron chi connectivity index (χ0n) is 11.7. The molecule has 0 radical (unpaired) electrons. The molecule has 0 saturated carbocycles. The molecule has 0 fully saturated rings. The van der Waals surface area contributed by atoms with E-state index in [0.29, 0.717) is 11.1 Å². The lowest BCUT2D eigenvalue weighted by Crippen LogP contribution is -2.22. The van der Waals surface area contributed by atoms with Crippen LogP contribution in [0.1, 0.15) is 21.7 Å². The number of rotatable bonds is 4. The van der Waals surface area contributed by atoms with Gasteiger partial charge < -0.3 is 14.8 Å². The zero-order valence-corrected chi connectivity index (χ0v) is 11.7. The summed E-state index contributed by atoms with van der Waals surface area (Å²) in [5, 5.41) is 12.6. The molecule has 0 aliphatic heterocycles. The van der Waals surface area contributed by atoms with Gasteiger partial charge in [0.15, 0.2) is 5.76 Å². The van der Waals surface area contributed by atoms with E-state index in [9.17, 15) is 9.18 Å². The van der Waals surface area contributed by atoms with E-state index in [2.05, 4.69) is 5.32 Å². The van der Waals surface area contributed by atoms with Gasteiger partial charge in [0.1, 0.15) is 11.4 Å². The maximum absolute atomic E-state index is 13.3. The largest absolute Gasteiger partial charge is 0.451 e. The van der Waals surface area contributed by atoms with Gasteiger partial charge in [-0.25, -0.2) is 4.39 Å². The Bertz CT molecular complexity index is 793. The van der Waals surface area contributed by atoms with Crippen LogP contribution in [-0.4, -0.2) is 11.0 Å². The molecule has 2 aromatic carbocycles. The Hall–Kier alpha value is -2.66. The molecule has 0 saturated heterocycles. The Morgan fingerprint density at radius 1 is 1.18 bits per heavy atom. The summed E-state index contributed by atoms with van der Waals surface area (Å²) in [6.45, 7) is -0.152. The highest BCUT2D eigenvalue weighted by Gasteiger charge is 2.12. The molecule has 2 N–H and O–H groups in total. The van der Waals surface area contributed by atoms with Crippen molar-refractivity contribution >= 4 is 16.9 Å². The summed E-state index contributed by atoms with van der Waals surface area (Å²) in [7, 11) is 0. The van der Waals surface area contributed by atoms with Gasteiger partial charge in [-0.2, -0.15) is 0 Å². The third-order valence-electron chi connectivity index (χ3n) is 3.38. The van der Waals surface area contributed by atoms with Crippen LogP contribution in [0.25, 0.3) is 11.0 Å². The lowest BCUT2D eigenvalue weighted by atomic mass is 10.1. The smallest absolute Gasteiger partial charge is 0.287 e. The lowest BCUT2D eigenvalue weighted by Gasteiger charge is -2.06. The van der Waals surface area contributed by atoms with Crippen molar-refractivity contribution in [2.45, 2.75) is 13.2 Å². The van der Waals surface area contributed by atoms with Crippen molar-refractivity contribution in [2.75, 3.05) is 0 Å². The molecule has 0 spiro atoms. The van der Waals surface area contributed by atoms with Gasteiger partial charge in [-0.1, -0.05) is 24.3 Å². The van der Waals surface area contributed by atoms with Gasteiger partial charge in [-0.3, -0.25) is 4.79 Å². The van der Waals surface area contributed by atoms with E-state index in [0.717, 1.165) is 5.39 Å². The van der Waals surface area contributed by atoms with Gasteiger partial charge in [0.25, 0.3) is 5.91 Å². The molecule has 4 nitrogen and oxygen atoms in total. The molecule has 0 aliphatic rings. The SMILES string of the molecule is O=C(NCc1ccc(F)c(CO)c1)c1cc2ccccc2o1. The van der Waals surface area contributed by atoms with Gasteiger partial charge in [-0.15, -0.1) is 0 Å². The number of carbonyl (C=O) groups excluding carboxylic acids is 1. The number of hydrogen-bond donors (Lipinski definition) is 2. The molecule has 1 heterocycles. The van der Waals surface area contributed by atoms with Gasteiger partial charge in [-0.05, 0) is 29.8 Å². The Balaban J connectivity index is 1.72. The minimum atomic E-state index is -0.463. The van der Waals surface area contributed by atoms with Crippen LogP contribution in [0.4, 0.5) is 4.39 Å². The zero-order chi connectivity index (χ0) is 15.5. The first kappa shape index (κ1) is 14.3. The number of halogens is 1. The van der Waals surface area contributed by atoms with Crippen LogP contribution < -0.4 is 5.32 Å². The number of para-hydroxylation sites is 1. The molecule has 112 valence electrons. The average molecular weight is 299 g/mol. The fourth-order valence-electron chi connectivity index (χ4n) is 2.22. The standard InChI is InChI=1S/C17H14FNO3/c18-14-6-5-11(7-13(14)10-20)9-19-17(21)16-8-12-3-1-2-4-15(12)22-16/h1-8,20H,9-10H2,(H,19,21). The third-order valence-corrected chi connectivity index (χ3v) is 3.38. The van der Waals surface area contributed by atoms with E-state index in [1.807, 2.05) is 18.2 Å². The van der Waals surface area contributed by atoms with Crippen LogP contribution in [0.2, 0.25) is 0 Å². The van der Waals surface area contributed by atoms with Crippen LogP contribution >= 0.6 is 0 Å². The number of carbonyl (C=O) groups is 1. The van der Waals surface area contributed by atoms with Crippen LogP contribution in [0, 0.1) is 5.82 Å². The second kappa shape index (κ2) is 5.99. The summed E-state index contributed by atoms with van der Waals surface area (Å²) in [5.41, 5.74) is 1.56. The summed E-state index contributed by atoms with van der Waals surface area (Å²) >= 11 is 0. The van der Waals surface area contributed by atoms with E-state index in [-0.39, 0.29) is 30.4 Å². The number of fused-ring (bicyclic) bond motifs is 1. The van der Waals surface area contributed by atoms with Crippen molar-refractivity contribution in [3.05, 3.63) is 71.2 Å². The highest BCUT2D eigenvalue weighted by atomic mass is 19.1. The topological polar surface area (TPSA) is 62.5 Å². The van der Waals surface area contributed by atoms with Crippen molar-refractivity contribution in [3.8, 4) is 0 Å². The number of benzene rings is 2. The molecular weight excluding hydrogens is 285 g/mol. The number of aliphatic hydroxyl groups excluding tert-OH is 1. The molecule has 0 atom stereocenters. The number of nitrogens with one attached hydrogen (secondary N) is 1. The summed E-state index contributed by atoms with van der Waals surface area (Å²) in [5.74, 6) is -0.577. The fourth-order valence-corrected chi connectivity index (χ4v) is 2.22. The molecule has 3 aromatic rings. The average Bonchev–Trinajstić information content (AvgIpc) is 2.98. The summed E-state index contributed by atoms with van der Waals surface area (Å²) in [6, 6.07) is 13.4. The van der Waals surface area contributed by atoms with Gasteiger partial charge in [0.2, 0.25) is 0 Å². The first-order valence-corrected chi connectivity index (χ1v) is 6.82. The molecule has 0 bridgehead atoms. The quantitative estimate of drug-likeness (QED) is 0.778. The van der Waals surface area contributed by atoms with Crippen molar-refractivity contribution in [3.63, 3.8) is 0 Å². The normalized spacial score (nSPS) is 10.8. The first-order valence-electron chi connectivity index (χ1n) is 6.82. The first-order chi connectivity index (χ1) is 10.7. The van der Waals surface area contributed by atoms with Crippen LogP contribution in [0.15, 0.2) is 52.9 Å². The molecule has 22 heavy (non-hydrogen) atoms. The minimum absolute atomic E-state index is 0.204. The van der Waals surface area contributed by atoms with Gasteiger partial charge in [0.05, 0.1) is 6.61 Å². The monoisotopic (exact) mass is 299 g/mol. The van der Waals surface area contributed by atoms with Crippen molar-refractivity contribution in [2.24, 2.45) is 0 Å². The lowest BCUT2D eigenvalue weighted by molar-refractivity contribution is 0.0925. The highest BCUT2D eigenvalue weighted by molar-refractivity contribution is 5.95. The molecule has 3 rings (SSSR count). The van der Waals surface area contributed by atoms with Gasteiger partial charge >= 0.3 is 0 Å². The minimum Gasteiger partial charge on any atom is -0.451 e. The molecule has 0 aliphatic carbocycles. The summed E-state index contributed by atoms with van der Waals surface area (Å²) < 4.78 is 18.8. The van der Waals surface area contributed by atoms with Crippen molar-refractivity contribution < 1.29 is 18.7 Å². The highest BCUT2D eigenvalue weighted by Crippen LogP contribution is 2.18. The Morgan fingerprint density at radius 3 is 2.77 bits per heavy atom. The van der Waals surface area contributed by atoms with Crippen LogP contribution in [0.5, 0.6) is 0 Å².